The summed E-state index contributed by atoms with van der Waals surface area (Å²) in [5.41, 5.74) is 5.33. The number of aliphatic hydroxyl groups excluding tert-OH is 1. The van der Waals surface area contributed by atoms with Crippen molar-refractivity contribution in [2.75, 3.05) is 6.61 Å². The Labute approximate surface area is 199 Å². The van der Waals surface area contributed by atoms with Gasteiger partial charge in [-0.1, -0.05) is 0 Å². The standard InChI is InChI=1S/C19H31N5O11/c1-8(22-17(32)10(20)7-25)15(30)21-9(2)16(31)23-11(3-5-13(26)27)18(33)24-12(19(34)35)4-6-14(28)29/h8-12,25H,3-7,20H2,1-2H3,(H,21,30)(H,22,32)(H,23,31)(H,24,33)(H,26,27)(H,28,29)(H,34,35)/t8-,9-,10-,11-,12-/m0/s1. The van der Waals surface area contributed by atoms with E-state index in [1.165, 1.54) is 13.8 Å². The maximum absolute atomic E-state index is 12.5. The smallest absolute Gasteiger partial charge is 0.326 e. The van der Waals surface area contributed by atoms with E-state index in [4.69, 9.17) is 21.1 Å². The first-order valence-electron chi connectivity index (χ1n) is 10.4. The van der Waals surface area contributed by atoms with E-state index in [0.717, 1.165) is 0 Å². The van der Waals surface area contributed by atoms with Crippen LogP contribution in [-0.2, 0) is 33.6 Å². The van der Waals surface area contributed by atoms with E-state index in [1.54, 1.807) is 0 Å². The lowest BCUT2D eigenvalue weighted by Crippen LogP contribution is -2.57. The van der Waals surface area contributed by atoms with Gasteiger partial charge in [0.15, 0.2) is 0 Å². The van der Waals surface area contributed by atoms with Gasteiger partial charge in [-0.05, 0) is 26.7 Å². The highest BCUT2D eigenvalue weighted by atomic mass is 16.4. The van der Waals surface area contributed by atoms with Crippen LogP contribution in [-0.4, -0.2) is 98.8 Å². The summed E-state index contributed by atoms with van der Waals surface area (Å²) < 4.78 is 0. The molecule has 0 aromatic rings. The molecule has 0 rings (SSSR count). The fourth-order valence-electron chi connectivity index (χ4n) is 2.50. The van der Waals surface area contributed by atoms with E-state index < -0.39 is 104 Å². The molecule has 0 heterocycles. The predicted molar refractivity (Wildman–Crippen MR) is 116 cm³/mol. The predicted octanol–water partition coefficient (Wildman–Crippen LogP) is -3.90. The Hall–Kier alpha value is -3.79. The average molecular weight is 505 g/mol. The van der Waals surface area contributed by atoms with E-state index >= 15 is 0 Å². The van der Waals surface area contributed by atoms with Crippen LogP contribution >= 0.6 is 0 Å². The third-order valence-corrected chi connectivity index (χ3v) is 4.58. The van der Waals surface area contributed by atoms with Gasteiger partial charge in [0, 0.05) is 12.8 Å². The van der Waals surface area contributed by atoms with E-state index in [1.807, 2.05) is 0 Å². The molecule has 0 fully saturated rings. The lowest BCUT2D eigenvalue weighted by atomic mass is 10.1. The van der Waals surface area contributed by atoms with E-state index in [-0.39, 0.29) is 0 Å². The van der Waals surface area contributed by atoms with Crippen molar-refractivity contribution in [3.05, 3.63) is 0 Å². The van der Waals surface area contributed by atoms with Gasteiger partial charge >= 0.3 is 17.9 Å². The molecule has 0 aliphatic rings. The largest absolute Gasteiger partial charge is 0.481 e. The molecule has 0 aromatic carbocycles. The van der Waals surface area contributed by atoms with Crippen molar-refractivity contribution in [3.63, 3.8) is 0 Å². The molecule has 0 aliphatic heterocycles. The minimum absolute atomic E-state index is 0.426. The molecule has 10 N–H and O–H groups in total. The van der Waals surface area contributed by atoms with Crippen LogP contribution in [0.25, 0.3) is 0 Å². The second-order valence-corrected chi connectivity index (χ2v) is 7.58. The number of aliphatic hydroxyl groups is 1. The number of carbonyl (C=O) groups excluding carboxylic acids is 4. The third kappa shape index (κ3) is 12.3. The molecule has 0 spiro atoms. The molecule has 16 nitrogen and oxygen atoms in total. The number of nitrogens with one attached hydrogen (secondary N) is 4. The van der Waals surface area contributed by atoms with Crippen molar-refractivity contribution in [3.8, 4) is 0 Å². The van der Waals surface area contributed by atoms with Gasteiger partial charge in [-0.15, -0.1) is 0 Å². The molecule has 0 aliphatic carbocycles. The Morgan fingerprint density at radius 2 is 1.06 bits per heavy atom. The van der Waals surface area contributed by atoms with Gasteiger partial charge in [-0.25, -0.2) is 4.79 Å². The zero-order valence-electron chi connectivity index (χ0n) is 19.1. The number of hydrogen-bond acceptors (Lipinski definition) is 9. The van der Waals surface area contributed by atoms with Crippen molar-refractivity contribution in [2.45, 2.75) is 69.7 Å². The van der Waals surface area contributed by atoms with Crippen LogP contribution in [0.1, 0.15) is 39.5 Å². The molecule has 5 atom stereocenters. The van der Waals surface area contributed by atoms with Crippen LogP contribution in [0, 0.1) is 0 Å². The Morgan fingerprint density at radius 1 is 0.657 bits per heavy atom. The van der Waals surface area contributed by atoms with Gasteiger partial charge < -0.3 is 47.4 Å². The van der Waals surface area contributed by atoms with Crippen LogP contribution in [0.4, 0.5) is 0 Å². The number of rotatable bonds is 16. The highest BCUT2D eigenvalue weighted by Gasteiger charge is 2.29. The lowest BCUT2D eigenvalue weighted by molar-refractivity contribution is -0.144. The number of carboxylic acid groups (broad SMARTS) is 3. The number of amides is 4. The van der Waals surface area contributed by atoms with Crippen LogP contribution in [0.3, 0.4) is 0 Å². The van der Waals surface area contributed by atoms with Crippen LogP contribution < -0.4 is 27.0 Å². The maximum Gasteiger partial charge on any atom is 0.326 e. The van der Waals surface area contributed by atoms with Crippen LogP contribution in [0.15, 0.2) is 0 Å². The fourth-order valence-corrected chi connectivity index (χ4v) is 2.50. The molecular weight excluding hydrogens is 474 g/mol. The Bertz CT molecular complexity index is 819. The number of carbonyl (C=O) groups is 7. The minimum atomic E-state index is -1.60. The van der Waals surface area contributed by atoms with Gasteiger partial charge in [-0.2, -0.15) is 0 Å². The molecule has 0 saturated heterocycles. The van der Waals surface area contributed by atoms with Gasteiger partial charge in [0.25, 0.3) is 0 Å². The Balaban J connectivity index is 5.21. The maximum atomic E-state index is 12.5. The molecule has 0 saturated carbocycles. The summed E-state index contributed by atoms with van der Waals surface area (Å²) in [5.74, 6) is -7.73. The van der Waals surface area contributed by atoms with Gasteiger partial charge in [-0.3, -0.25) is 28.8 Å². The molecule has 35 heavy (non-hydrogen) atoms. The zero-order chi connectivity index (χ0) is 27.3. The van der Waals surface area contributed by atoms with Crippen LogP contribution in [0.2, 0.25) is 0 Å². The first kappa shape index (κ1) is 31.2. The summed E-state index contributed by atoms with van der Waals surface area (Å²) >= 11 is 0. The average Bonchev–Trinajstić information content (AvgIpc) is 2.77. The molecular formula is C19H31N5O11. The Kier molecular flexibility index (Phi) is 13.5. The van der Waals surface area contributed by atoms with Gasteiger partial charge in [0.05, 0.1) is 6.61 Å². The normalized spacial score (nSPS) is 14.9. The van der Waals surface area contributed by atoms with Crippen molar-refractivity contribution in [2.24, 2.45) is 5.73 Å². The number of hydrogen-bond donors (Lipinski definition) is 9. The Morgan fingerprint density at radius 3 is 1.49 bits per heavy atom. The SMILES string of the molecule is C[C@H](NC(=O)[C@H](C)NC(=O)[C@@H](N)CO)C(=O)N[C@@H](CCC(=O)O)C(=O)N[C@@H](CCC(=O)O)C(=O)O. The summed E-state index contributed by atoms with van der Waals surface area (Å²) in [6.07, 6.45) is -2.01. The van der Waals surface area contributed by atoms with E-state index in [2.05, 4.69) is 21.3 Å². The summed E-state index contributed by atoms with van der Waals surface area (Å²) in [7, 11) is 0. The quantitative estimate of drug-likeness (QED) is 0.0973. The molecule has 16 heteroatoms. The van der Waals surface area contributed by atoms with Crippen molar-refractivity contribution >= 4 is 41.5 Å². The summed E-state index contributed by atoms with van der Waals surface area (Å²) in [6.45, 7) is 1.87. The van der Waals surface area contributed by atoms with E-state index in [9.17, 15) is 38.7 Å². The highest BCUT2D eigenvalue weighted by molar-refractivity contribution is 5.95. The fraction of sp³-hybridized carbons (Fsp3) is 0.632. The van der Waals surface area contributed by atoms with Crippen molar-refractivity contribution in [1.82, 2.24) is 21.3 Å². The molecule has 4 amide bonds. The second-order valence-electron chi connectivity index (χ2n) is 7.58. The van der Waals surface area contributed by atoms with E-state index in [0.29, 0.717) is 0 Å². The molecule has 0 radical (unpaired) electrons. The molecule has 0 unspecified atom stereocenters. The zero-order valence-corrected chi connectivity index (χ0v) is 19.1. The summed E-state index contributed by atoms with van der Waals surface area (Å²) in [5, 5.41) is 44.4. The highest BCUT2D eigenvalue weighted by Crippen LogP contribution is 2.04. The topological polar surface area (TPSA) is 275 Å². The first-order chi connectivity index (χ1) is 16.2. The molecule has 0 bridgehead atoms. The van der Waals surface area contributed by atoms with Gasteiger partial charge in [0.2, 0.25) is 23.6 Å². The van der Waals surface area contributed by atoms with Crippen molar-refractivity contribution < 1.29 is 54.0 Å². The van der Waals surface area contributed by atoms with Crippen molar-refractivity contribution in [1.29, 1.82) is 0 Å². The molecule has 198 valence electrons. The summed E-state index contributed by atoms with van der Waals surface area (Å²) in [6, 6.07) is -6.79. The lowest BCUT2D eigenvalue weighted by Gasteiger charge is -2.23. The molecule has 0 aromatic heterocycles. The first-order valence-corrected chi connectivity index (χ1v) is 10.4. The van der Waals surface area contributed by atoms with Crippen LogP contribution in [0.5, 0.6) is 0 Å². The second kappa shape index (κ2) is 15.2. The third-order valence-electron chi connectivity index (χ3n) is 4.58. The summed E-state index contributed by atoms with van der Waals surface area (Å²) in [4.78, 5) is 81.8. The number of aliphatic carboxylic acids is 3. The van der Waals surface area contributed by atoms with Gasteiger partial charge in [0.1, 0.15) is 30.2 Å². The monoisotopic (exact) mass is 505 g/mol. The number of carboxylic acids is 3. The number of nitrogens with two attached hydrogens (primary N) is 1. The minimum Gasteiger partial charge on any atom is -0.481 e.